The lowest BCUT2D eigenvalue weighted by Crippen LogP contribution is -2.66. The first-order valence-electron chi connectivity index (χ1n) is 10.8. The zero-order valence-corrected chi connectivity index (χ0v) is 16.5. The van der Waals surface area contributed by atoms with Crippen LogP contribution < -0.4 is 0 Å². The molecule has 0 spiro atoms. The monoisotopic (exact) mass is 379 g/mol. The zero-order valence-electron chi connectivity index (χ0n) is 16.5. The molecule has 4 heterocycles. The Morgan fingerprint density at radius 1 is 0.963 bits per heavy atom. The quantitative estimate of drug-likeness (QED) is 0.754. The molecule has 5 fully saturated rings. The van der Waals surface area contributed by atoms with E-state index in [1.54, 1.807) is 0 Å². The average molecular weight is 380 g/mol. The highest BCUT2D eigenvalue weighted by Gasteiger charge is 2.48. The molecule has 2 unspecified atom stereocenters. The smallest absolute Gasteiger partial charge is 0.410 e. The van der Waals surface area contributed by atoms with Gasteiger partial charge in [0.2, 0.25) is 0 Å². The fraction of sp³-hybridized carbons (Fsp3) is 0.900. The molecule has 0 aromatic rings. The molecule has 4 saturated heterocycles. The molecule has 2 bridgehead atoms. The molecule has 3 atom stereocenters. The Kier molecular flexibility index (Phi) is 5.76. The minimum absolute atomic E-state index is 0.0300. The van der Waals surface area contributed by atoms with Crippen LogP contribution in [-0.4, -0.2) is 84.4 Å². The molecule has 0 radical (unpaired) electrons. The molecule has 27 heavy (non-hydrogen) atoms. The van der Waals surface area contributed by atoms with Crippen LogP contribution in [0.2, 0.25) is 0 Å². The van der Waals surface area contributed by atoms with Crippen LogP contribution in [0.1, 0.15) is 51.9 Å². The van der Waals surface area contributed by atoms with E-state index >= 15 is 0 Å². The van der Waals surface area contributed by atoms with Gasteiger partial charge in [0.05, 0.1) is 6.61 Å². The van der Waals surface area contributed by atoms with Gasteiger partial charge in [-0.05, 0) is 44.9 Å². The van der Waals surface area contributed by atoms with Gasteiger partial charge < -0.3 is 19.3 Å². The molecule has 4 aliphatic heterocycles. The molecule has 2 amide bonds. The summed E-state index contributed by atoms with van der Waals surface area (Å²) in [6.45, 7) is 6.46. The largest absolute Gasteiger partial charge is 0.450 e. The number of hydrogen-bond donors (Lipinski definition) is 0. The molecule has 152 valence electrons. The van der Waals surface area contributed by atoms with Crippen LogP contribution in [0.3, 0.4) is 0 Å². The van der Waals surface area contributed by atoms with E-state index in [1.807, 2.05) is 16.7 Å². The molecule has 5 aliphatic rings. The first-order valence-corrected chi connectivity index (χ1v) is 10.8. The van der Waals surface area contributed by atoms with Gasteiger partial charge in [-0.15, -0.1) is 0 Å². The van der Waals surface area contributed by atoms with Gasteiger partial charge in [0.15, 0.2) is 0 Å². The maximum absolute atomic E-state index is 12.4. The summed E-state index contributed by atoms with van der Waals surface area (Å²) >= 11 is 0. The summed E-state index contributed by atoms with van der Waals surface area (Å²) in [7, 11) is 0. The highest BCUT2D eigenvalue weighted by atomic mass is 16.6. The van der Waals surface area contributed by atoms with Gasteiger partial charge in [-0.3, -0.25) is 4.90 Å². The predicted octanol–water partition coefficient (Wildman–Crippen LogP) is 2.69. The van der Waals surface area contributed by atoms with Gasteiger partial charge in [0, 0.05) is 44.8 Å². The van der Waals surface area contributed by atoms with E-state index in [4.69, 9.17) is 9.47 Å². The van der Waals surface area contributed by atoms with Gasteiger partial charge >= 0.3 is 12.2 Å². The number of fused-ring (bicyclic) bond motifs is 3. The number of likely N-dealkylation sites (tertiary alicyclic amines) is 2. The third-order valence-corrected chi connectivity index (χ3v) is 6.78. The van der Waals surface area contributed by atoms with E-state index in [9.17, 15) is 9.59 Å². The third-order valence-electron chi connectivity index (χ3n) is 6.78. The Bertz CT molecular complexity index is 543. The number of piperidine rings is 2. The van der Waals surface area contributed by atoms with Gasteiger partial charge in [0.1, 0.15) is 6.10 Å². The number of carbonyl (C=O) groups excluding carboxylic acids is 2. The lowest BCUT2D eigenvalue weighted by Gasteiger charge is -2.55. The summed E-state index contributed by atoms with van der Waals surface area (Å²) in [4.78, 5) is 30.8. The number of ether oxygens (including phenoxy) is 2. The van der Waals surface area contributed by atoms with Crippen molar-refractivity contribution < 1.29 is 19.1 Å². The molecule has 0 aromatic heterocycles. The Hall–Kier alpha value is -1.50. The molecule has 0 N–H and O–H groups in total. The first-order chi connectivity index (χ1) is 13.2. The van der Waals surface area contributed by atoms with Crippen molar-refractivity contribution in [2.24, 2.45) is 5.92 Å². The summed E-state index contributed by atoms with van der Waals surface area (Å²) in [5.74, 6) is 0.515. The van der Waals surface area contributed by atoms with Gasteiger partial charge in [-0.2, -0.15) is 0 Å². The minimum atomic E-state index is -0.154. The molecule has 7 nitrogen and oxygen atoms in total. The highest BCUT2D eigenvalue weighted by Crippen LogP contribution is 2.39. The van der Waals surface area contributed by atoms with E-state index in [0.29, 0.717) is 24.6 Å². The van der Waals surface area contributed by atoms with Crippen molar-refractivity contribution in [3.8, 4) is 0 Å². The maximum atomic E-state index is 12.4. The van der Waals surface area contributed by atoms with E-state index in [-0.39, 0.29) is 18.3 Å². The van der Waals surface area contributed by atoms with Crippen molar-refractivity contribution in [1.29, 1.82) is 0 Å². The van der Waals surface area contributed by atoms with Crippen molar-refractivity contribution in [1.82, 2.24) is 14.7 Å². The van der Waals surface area contributed by atoms with Crippen LogP contribution in [0.25, 0.3) is 0 Å². The standard InChI is InChI=1S/C20H33N3O4/c1-2-26-20(25)23-12-15-7-8-16(23)11-18(15)22-13-17(14-22)27-19(24)21-9-5-3-4-6-10-21/h15-18H,2-14H2,1H3/t15?,16?,18-/m1/s1. The third kappa shape index (κ3) is 4.03. The Morgan fingerprint density at radius 3 is 2.33 bits per heavy atom. The van der Waals surface area contributed by atoms with Crippen LogP contribution in [0.5, 0.6) is 0 Å². The summed E-state index contributed by atoms with van der Waals surface area (Å²) < 4.78 is 10.9. The normalized spacial score (nSPS) is 32.0. The number of hydrogen-bond acceptors (Lipinski definition) is 5. The van der Waals surface area contributed by atoms with E-state index in [0.717, 1.165) is 58.4 Å². The van der Waals surface area contributed by atoms with Gasteiger partial charge in [-0.1, -0.05) is 12.8 Å². The van der Waals surface area contributed by atoms with Crippen LogP contribution in [0.15, 0.2) is 0 Å². The topological polar surface area (TPSA) is 62.3 Å². The Labute approximate surface area is 161 Å². The van der Waals surface area contributed by atoms with Crippen LogP contribution in [0.4, 0.5) is 9.59 Å². The predicted molar refractivity (Wildman–Crippen MR) is 101 cm³/mol. The van der Waals surface area contributed by atoms with E-state index < -0.39 is 0 Å². The zero-order chi connectivity index (χ0) is 18.8. The van der Waals surface area contributed by atoms with E-state index in [2.05, 4.69) is 4.90 Å². The SMILES string of the molecule is CCOC(=O)N1CC2CCC1C[C@H]2N1CC(OC(=O)N2CCCCCC2)C1. The van der Waals surface area contributed by atoms with Crippen molar-refractivity contribution in [2.45, 2.75) is 70.1 Å². The molecular formula is C20H33N3O4. The molecule has 1 aliphatic carbocycles. The number of rotatable bonds is 3. The number of amides is 2. The van der Waals surface area contributed by atoms with Crippen molar-refractivity contribution in [2.75, 3.05) is 39.3 Å². The molecular weight excluding hydrogens is 346 g/mol. The maximum Gasteiger partial charge on any atom is 0.410 e. The van der Waals surface area contributed by atoms with Crippen molar-refractivity contribution in [3.05, 3.63) is 0 Å². The fourth-order valence-corrected chi connectivity index (χ4v) is 5.25. The second kappa shape index (κ2) is 8.25. The fourth-order valence-electron chi connectivity index (χ4n) is 5.25. The summed E-state index contributed by atoms with van der Waals surface area (Å²) in [6.07, 6.45) is 7.66. The van der Waals surface area contributed by atoms with Crippen LogP contribution >= 0.6 is 0 Å². The number of nitrogens with zero attached hydrogens (tertiary/aromatic N) is 3. The summed E-state index contributed by atoms with van der Waals surface area (Å²) in [5.41, 5.74) is 0. The Balaban J connectivity index is 1.23. The second-order valence-electron chi connectivity index (χ2n) is 8.51. The van der Waals surface area contributed by atoms with Crippen molar-refractivity contribution >= 4 is 12.2 Å². The molecule has 7 heteroatoms. The van der Waals surface area contributed by atoms with Crippen LogP contribution in [0, 0.1) is 5.92 Å². The van der Waals surface area contributed by atoms with Gasteiger partial charge in [0.25, 0.3) is 0 Å². The minimum Gasteiger partial charge on any atom is -0.450 e. The Morgan fingerprint density at radius 2 is 1.70 bits per heavy atom. The van der Waals surface area contributed by atoms with Crippen LogP contribution in [-0.2, 0) is 9.47 Å². The lowest BCUT2D eigenvalue weighted by atomic mass is 9.74. The molecule has 0 aromatic carbocycles. The number of carbonyl (C=O) groups is 2. The summed E-state index contributed by atoms with van der Waals surface area (Å²) in [6, 6.07) is 0.820. The average Bonchev–Trinajstić information content (AvgIpc) is 2.94. The second-order valence-corrected chi connectivity index (χ2v) is 8.51. The first kappa shape index (κ1) is 18.8. The van der Waals surface area contributed by atoms with Crippen molar-refractivity contribution in [3.63, 3.8) is 0 Å². The highest BCUT2D eigenvalue weighted by molar-refractivity contribution is 5.68. The molecule has 1 saturated carbocycles. The molecule has 5 rings (SSSR count). The lowest BCUT2D eigenvalue weighted by molar-refractivity contribution is -0.0928. The summed E-state index contributed by atoms with van der Waals surface area (Å²) in [5, 5.41) is 0. The van der Waals surface area contributed by atoms with Gasteiger partial charge in [-0.25, -0.2) is 9.59 Å². The van der Waals surface area contributed by atoms with E-state index in [1.165, 1.54) is 19.3 Å².